The number of nitrogens with zero attached hydrogens (tertiary/aromatic N) is 1. The summed E-state index contributed by atoms with van der Waals surface area (Å²) in [5, 5.41) is 0. The van der Waals surface area contributed by atoms with Gasteiger partial charge in [-0.15, -0.1) is 0 Å². The molecule has 0 unspecified atom stereocenters. The van der Waals surface area contributed by atoms with E-state index in [4.69, 9.17) is 4.74 Å². The molecule has 3 nitrogen and oxygen atoms in total. The lowest BCUT2D eigenvalue weighted by atomic mass is 10.3. The van der Waals surface area contributed by atoms with E-state index in [1.807, 2.05) is 14.1 Å². The van der Waals surface area contributed by atoms with Crippen molar-refractivity contribution in [3.05, 3.63) is 0 Å². The zero-order valence-corrected chi connectivity index (χ0v) is 9.29. The molecule has 1 aliphatic rings. The van der Waals surface area contributed by atoms with Crippen LogP contribution in [0.4, 0.5) is 0 Å². The average molecular weight is 199 g/mol. The van der Waals surface area contributed by atoms with Gasteiger partial charge in [-0.25, -0.2) is 0 Å². The zero-order valence-electron chi connectivity index (χ0n) is 9.29. The van der Waals surface area contributed by atoms with Gasteiger partial charge in [0.15, 0.2) is 0 Å². The Labute approximate surface area is 86.4 Å². The fraction of sp³-hybridized carbons (Fsp3) is 0.909. The molecule has 0 aromatic carbocycles. The SMILES string of the molecule is CN(C)CCCC(=O)OC1CCCC1. The number of hydrogen-bond acceptors (Lipinski definition) is 3. The van der Waals surface area contributed by atoms with Crippen LogP contribution in [-0.2, 0) is 9.53 Å². The van der Waals surface area contributed by atoms with Gasteiger partial charge in [0.25, 0.3) is 0 Å². The van der Waals surface area contributed by atoms with Crippen molar-refractivity contribution in [2.24, 2.45) is 0 Å². The van der Waals surface area contributed by atoms with Crippen LogP contribution in [0, 0.1) is 0 Å². The molecule has 0 radical (unpaired) electrons. The van der Waals surface area contributed by atoms with Gasteiger partial charge in [0.05, 0.1) is 0 Å². The zero-order chi connectivity index (χ0) is 10.4. The molecule has 0 aromatic rings. The van der Waals surface area contributed by atoms with E-state index in [2.05, 4.69) is 4.90 Å². The summed E-state index contributed by atoms with van der Waals surface area (Å²) in [6, 6.07) is 0. The first-order valence-corrected chi connectivity index (χ1v) is 5.52. The van der Waals surface area contributed by atoms with Gasteiger partial charge in [-0.1, -0.05) is 0 Å². The molecule has 0 heterocycles. The molecule has 0 spiro atoms. The summed E-state index contributed by atoms with van der Waals surface area (Å²) in [7, 11) is 4.03. The van der Waals surface area contributed by atoms with Gasteiger partial charge in [0, 0.05) is 6.42 Å². The van der Waals surface area contributed by atoms with Crippen molar-refractivity contribution >= 4 is 5.97 Å². The third-order valence-corrected chi connectivity index (χ3v) is 2.59. The fourth-order valence-electron chi connectivity index (χ4n) is 1.79. The Hall–Kier alpha value is -0.570. The first-order valence-electron chi connectivity index (χ1n) is 5.52. The molecule has 0 aliphatic heterocycles. The molecule has 0 aromatic heterocycles. The number of esters is 1. The Bertz CT molecular complexity index is 174. The number of ether oxygens (including phenoxy) is 1. The summed E-state index contributed by atoms with van der Waals surface area (Å²) < 4.78 is 5.34. The third kappa shape index (κ3) is 4.61. The second kappa shape index (κ2) is 6.02. The lowest BCUT2D eigenvalue weighted by molar-refractivity contribution is -0.148. The smallest absolute Gasteiger partial charge is 0.306 e. The van der Waals surface area contributed by atoms with Crippen molar-refractivity contribution in [2.75, 3.05) is 20.6 Å². The lowest BCUT2D eigenvalue weighted by Gasteiger charge is -2.12. The second-order valence-corrected chi connectivity index (χ2v) is 4.30. The summed E-state index contributed by atoms with van der Waals surface area (Å²) in [4.78, 5) is 13.4. The van der Waals surface area contributed by atoms with Crippen LogP contribution in [0.1, 0.15) is 38.5 Å². The van der Waals surface area contributed by atoms with Crippen LogP contribution >= 0.6 is 0 Å². The Kier molecular flexibility index (Phi) is 4.94. The van der Waals surface area contributed by atoms with Crippen LogP contribution in [0.5, 0.6) is 0 Å². The first kappa shape index (κ1) is 11.5. The van der Waals surface area contributed by atoms with Crippen molar-refractivity contribution < 1.29 is 9.53 Å². The molecule has 0 N–H and O–H groups in total. The molecule has 1 rings (SSSR count). The summed E-state index contributed by atoms with van der Waals surface area (Å²) in [6.07, 6.45) is 6.26. The molecule has 1 fully saturated rings. The topological polar surface area (TPSA) is 29.5 Å². The van der Waals surface area contributed by atoms with E-state index in [0.717, 1.165) is 25.8 Å². The van der Waals surface area contributed by atoms with Crippen LogP contribution < -0.4 is 0 Å². The van der Waals surface area contributed by atoms with Crippen molar-refractivity contribution in [3.63, 3.8) is 0 Å². The van der Waals surface area contributed by atoms with Gasteiger partial charge in [-0.2, -0.15) is 0 Å². The summed E-state index contributed by atoms with van der Waals surface area (Å²) in [5.74, 6) is -0.0150. The van der Waals surface area contributed by atoms with Crippen molar-refractivity contribution in [3.8, 4) is 0 Å². The molecule has 82 valence electrons. The first-order chi connectivity index (χ1) is 6.68. The van der Waals surface area contributed by atoms with Crippen LogP contribution in [0.15, 0.2) is 0 Å². The van der Waals surface area contributed by atoms with Gasteiger partial charge in [-0.05, 0) is 52.7 Å². The van der Waals surface area contributed by atoms with E-state index >= 15 is 0 Å². The number of hydrogen-bond donors (Lipinski definition) is 0. The maximum atomic E-state index is 11.3. The predicted octanol–water partition coefficient (Wildman–Crippen LogP) is 1.81. The Morgan fingerprint density at radius 2 is 2.00 bits per heavy atom. The van der Waals surface area contributed by atoms with Crippen LogP contribution in [0.2, 0.25) is 0 Å². The van der Waals surface area contributed by atoms with Gasteiger partial charge >= 0.3 is 5.97 Å². The largest absolute Gasteiger partial charge is 0.462 e. The van der Waals surface area contributed by atoms with E-state index in [0.29, 0.717) is 6.42 Å². The fourth-order valence-corrected chi connectivity index (χ4v) is 1.79. The van der Waals surface area contributed by atoms with Crippen LogP contribution in [0.3, 0.4) is 0 Å². The van der Waals surface area contributed by atoms with E-state index in [-0.39, 0.29) is 12.1 Å². The normalized spacial score (nSPS) is 17.6. The highest BCUT2D eigenvalue weighted by Gasteiger charge is 2.18. The minimum Gasteiger partial charge on any atom is -0.462 e. The Morgan fingerprint density at radius 1 is 1.36 bits per heavy atom. The standard InChI is InChI=1S/C11H21NO2/c1-12(2)9-5-8-11(13)14-10-6-3-4-7-10/h10H,3-9H2,1-2H3. The van der Waals surface area contributed by atoms with E-state index in [1.54, 1.807) is 0 Å². The maximum absolute atomic E-state index is 11.3. The molecule has 1 saturated carbocycles. The molecule has 0 atom stereocenters. The maximum Gasteiger partial charge on any atom is 0.306 e. The van der Waals surface area contributed by atoms with Crippen molar-refractivity contribution in [1.82, 2.24) is 4.90 Å². The van der Waals surface area contributed by atoms with Gasteiger partial charge in [-0.3, -0.25) is 4.79 Å². The highest BCUT2D eigenvalue weighted by Crippen LogP contribution is 2.21. The number of carbonyl (C=O) groups excluding carboxylic acids is 1. The summed E-state index contributed by atoms with van der Waals surface area (Å²) >= 11 is 0. The number of carbonyl (C=O) groups is 1. The van der Waals surface area contributed by atoms with Gasteiger partial charge in [0.1, 0.15) is 6.10 Å². The van der Waals surface area contributed by atoms with Gasteiger partial charge in [0.2, 0.25) is 0 Å². The number of rotatable bonds is 5. The van der Waals surface area contributed by atoms with E-state index in [9.17, 15) is 4.79 Å². The minimum absolute atomic E-state index is 0.0150. The lowest BCUT2D eigenvalue weighted by Crippen LogP contribution is -2.17. The summed E-state index contributed by atoms with van der Waals surface area (Å²) in [5.41, 5.74) is 0. The van der Waals surface area contributed by atoms with Crippen LogP contribution in [0.25, 0.3) is 0 Å². The predicted molar refractivity (Wildman–Crippen MR) is 56.1 cm³/mol. The summed E-state index contributed by atoms with van der Waals surface area (Å²) in [6.45, 7) is 0.958. The average Bonchev–Trinajstić information content (AvgIpc) is 2.56. The van der Waals surface area contributed by atoms with Crippen molar-refractivity contribution in [2.45, 2.75) is 44.6 Å². The molecule has 0 amide bonds. The molecular weight excluding hydrogens is 178 g/mol. The molecule has 0 bridgehead atoms. The highest BCUT2D eigenvalue weighted by atomic mass is 16.5. The van der Waals surface area contributed by atoms with E-state index in [1.165, 1.54) is 12.8 Å². The molecule has 1 aliphatic carbocycles. The quantitative estimate of drug-likeness (QED) is 0.632. The highest BCUT2D eigenvalue weighted by molar-refractivity contribution is 5.69. The monoisotopic (exact) mass is 199 g/mol. The van der Waals surface area contributed by atoms with E-state index < -0.39 is 0 Å². The Balaban J connectivity index is 2.03. The molecule has 0 saturated heterocycles. The minimum atomic E-state index is -0.0150. The van der Waals surface area contributed by atoms with Crippen molar-refractivity contribution in [1.29, 1.82) is 0 Å². The second-order valence-electron chi connectivity index (χ2n) is 4.30. The molecule has 14 heavy (non-hydrogen) atoms. The van der Waals surface area contributed by atoms with Gasteiger partial charge < -0.3 is 9.64 Å². The Morgan fingerprint density at radius 3 is 2.57 bits per heavy atom. The molecule has 3 heteroatoms. The van der Waals surface area contributed by atoms with Crippen LogP contribution in [-0.4, -0.2) is 37.6 Å². The molecular formula is C11H21NO2. The third-order valence-electron chi connectivity index (χ3n) is 2.59.